The Bertz CT molecular complexity index is 2240. The number of aromatic nitrogens is 2. The van der Waals surface area contributed by atoms with Gasteiger partial charge in [0.1, 0.15) is 0 Å². The Balaban J connectivity index is 1.13. The number of rotatable bonds is 3. The fourth-order valence-corrected chi connectivity index (χ4v) is 8.30. The summed E-state index contributed by atoms with van der Waals surface area (Å²) in [7, 11) is 0. The average molecular weight is 567 g/mol. The SMILES string of the molecule is C1=CC2Sc3c(-c4ccccc4-c4ccc(-c5cnc6c7ccccc7c7ccccc7c6n5)cc4)cccc3C2C=C1. The summed E-state index contributed by atoms with van der Waals surface area (Å²) in [4.78, 5) is 11.6. The highest BCUT2D eigenvalue weighted by Crippen LogP contribution is 2.52. The second-order valence-corrected chi connectivity index (χ2v) is 12.5. The number of allylic oxidation sites excluding steroid dienone is 3. The van der Waals surface area contributed by atoms with E-state index < -0.39 is 0 Å². The zero-order valence-electron chi connectivity index (χ0n) is 23.3. The van der Waals surface area contributed by atoms with Crippen molar-refractivity contribution >= 4 is 44.3 Å². The monoisotopic (exact) mass is 566 g/mol. The van der Waals surface area contributed by atoms with Crippen LogP contribution in [0.2, 0.25) is 0 Å². The lowest BCUT2D eigenvalue weighted by Gasteiger charge is -2.15. The molecule has 9 rings (SSSR count). The molecule has 0 saturated heterocycles. The minimum Gasteiger partial charge on any atom is -0.252 e. The number of hydrogen-bond donors (Lipinski definition) is 0. The summed E-state index contributed by atoms with van der Waals surface area (Å²) in [5.41, 5.74) is 10.3. The standard InChI is InChI=1S/C40H26N2S/c1-2-11-28(34-17-9-18-35-31-14-7-8-19-37(31)43-40(34)35)27(10-1)25-20-22-26(23-21-25)36-24-41-38-32-15-5-3-12-29(32)30-13-4-6-16-33(30)39(38)42-36/h1-24,31,37H. The first kappa shape index (κ1) is 24.6. The van der Waals surface area contributed by atoms with Gasteiger partial charge >= 0.3 is 0 Å². The zero-order valence-corrected chi connectivity index (χ0v) is 24.1. The quantitative estimate of drug-likeness (QED) is 0.199. The highest BCUT2D eigenvalue weighted by Gasteiger charge is 2.33. The fraction of sp³-hybridized carbons (Fsp3) is 0.0500. The van der Waals surface area contributed by atoms with Gasteiger partial charge in [-0.25, -0.2) is 4.98 Å². The lowest BCUT2D eigenvalue weighted by molar-refractivity contribution is 0.881. The Hall–Kier alpha value is -4.99. The van der Waals surface area contributed by atoms with E-state index in [1.54, 1.807) is 0 Å². The van der Waals surface area contributed by atoms with Crippen molar-refractivity contribution in [3.05, 3.63) is 151 Å². The third-order valence-corrected chi connectivity index (χ3v) is 10.3. The van der Waals surface area contributed by atoms with Crippen molar-refractivity contribution in [1.82, 2.24) is 9.97 Å². The number of fused-ring (bicyclic) bond motifs is 9. The first-order chi connectivity index (χ1) is 21.3. The molecule has 3 heteroatoms. The largest absolute Gasteiger partial charge is 0.252 e. The predicted octanol–water partition coefficient (Wildman–Crippen LogP) is 10.6. The molecule has 0 spiro atoms. The Labute approximate surface area is 254 Å². The number of hydrogen-bond acceptors (Lipinski definition) is 3. The minimum atomic E-state index is 0.453. The molecule has 1 aliphatic heterocycles. The van der Waals surface area contributed by atoms with E-state index in [2.05, 4.69) is 140 Å². The molecule has 7 aromatic rings. The Morgan fingerprint density at radius 1 is 0.512 bits per heavy atom. The predicted molar refractivity (Wildman–Crippen MR) is 182 cm³/mol. The van der Waals surface area contributed by atoms with Crippen LogP contribution in [-0.4, -0.2) is 15.2 Å². The molecule has 2 atom stereocenters. The molecule has 0 fully saturated rings. The van der Waals surface area contributed by atoms with Crippen LogP contribution in [-0.2, 0) is 0 Å². The van der Waals surface area contributed by atoms with Crippen molar-refractivity contribution in [2.24, 2.45) is 0 Å². The van der Waals surface area contributed by atoms with Gasteiger partial charge in [0.15, 0.2) is 0 Å². The lowest BCUT2D eigenvalue weighted by Crippen LogP contribution is -2.06. The maximum Gasteiger partial charge on any atom is 0.0979 e. The Morgan fingerprint density at radius 3 is 1.93 bits per heavy atom. The van der Waals surface area contributed by atoms with E-state index >= 15 is 0 Å². The zero-order chi connectivity index (χ0) is 28.3. The van der Waals surface area contributed by atoms with Crippen molar-refractivity contribution in [1.29, 1.82) is 0 Å². The van der Waals surface area contributed by atoms with Gasteiger partial charge in [-0.05, 0) is 38.6 Å². The van der Waals surface area contributed by atoms with Gasteiger partial charge in [0.05, 0.1) is 22.9 Å². The van der Waals surface area contributed by atoms with Crippen LogP contribution in [0.4, 0.5) is 0 Å². The highest BCUT2D eigenvalue weighted by atomic mass is 32.2. The molecule has 0 radical (unpaired) electrons. The molecule has 1 aliphatic carbocycles. The maximum atomic E-state index is 5.19. The maximum absolute atomic E-state index is 5.19. The van der Waals surface area contributed by atoms with Crippen LogP contribution >= 0.6 is 11.8 Å². The van der Waals surface area contributed by atoms with Gasteiger partial charge < -0.3 is 0 Å². The molecule has 43 heavy (non-hydrogen) atoms. The molecule has 6 aromatic carbocycles. The topological polar surface area (TPSA) is 25.8 Å². The van der Waals surface area contributed by atoms with E-state index in [1.807, 2.05) is 18.0 Å². The van der Waals surface area contributed by atoms with Gasteiger partial charge in [0.2, 0.25) is 0 Å². The van der Waals surface area contributed by atoms with E-state index in [-0.39, 0.29) is 0 Å². The van der Waals surface area contributed by atoms with Gasteiger partial charge in [-0.1, -0.05) is 140 Å². The van der Waals surface area contributed by atoms with E-state index in [9.17, 15) is 0 Å². The van der Waals surface area contributed by atoms with Gasteiger partial charge in [-0.3, -0.25) is 4.98 Å². The molecule has 0 amide bonds. The molecule has 202 valence electrons. The molecule has 2 heterocycles. The fourth-order valence-electron chi connectivity index (χ4n) is 6.83. The summed E-state index contributed by atoms with van der Waals surface area (Å²) < 4.78 is 0. The normalized spacial score (nSPS) is 17.0. The van der Waals surface area contributed by atoms with E-state index in [0.717, 1.165) is 33.1 Å². The Kier molecular flexibility index (Phi) is 5.60. The molecule has 2 nitrogen and oxygen atoms in total. The molecular formula is C40H26N2S. The van der Waals surface area contributed by atoms with Crippen LogP contribution < -0.4 is 0 Å². The summed E-state index contributed by atoms with van der Waals surface area (Å²) in [6.45, 7) is 0. The van der Waals surface area contributed by atoms with Crippen LogP contribution in [0.5, 0.6) is 0 Å². The van der Waals surface area contributed by atoms with Crippen LogP contribution in [0.25, 0.3) is 66.1 Å². The van der Waals surface area contributed by atoms with Crippen molar-refractivity contribution in [2.75, 3.05) is 0 Å². The molecule has 2 aliphatic rings. The molecular weight excluding hydrogens is 541 g/mol. The average Bonchev–Trinajstić information content (AvgIpc) is 3.47. The van der Waals surface area contributed by atoms with E-state index in [4.69, 9.17) is 9.97 Å². The van der Waals surface area contributed by atoms with Gasteiger partial charge in [-0.15, -0.1) is 11.8 Å². The number of nitrogens with zero attached hydrogens (tertiary/aromatic N) is 2. The van der Waals surface area contributed by atoms with E-state index in [0.29, 0.717) is 11.2 Å². The van der Waals surface area contributed by atoms with E-state index in [1.165, 1.54) is 43.5 Å². The number of thioether (sulfide) groups is 1. The van der Waals surface area contributed by atoms with Crippen molar-refractivity contribution in [3.63, 3.8) is 0 Å². The molecule has 2 unspecified atom stereocenters. The molecule has 0 saturated carbocycles. The summed E-state index contributed by atoms with van der Waals surface area (Å²) in [6.07, 6.45) is 11.0. The van der Waals surface area contributed by atoms with Gasteiger partial charge in [0.25, 0.3) is 0 Å². The Morgan fingerprint density at radius 2 is 1.14 bits per heavy atom. The third kappa shape index (κ3) is 3.89. The van der Waals surface area contributed by atoms with Gasteiger partial charge in [0, 0.05) is 32.4 Å². The molecule has 1 aromatic heterocycles. The highest BCUT2D eigenvalue weighted by molar-refractivity contribution is 8.00. The minimum absolute atomic E-state index is 0.453. The summed E-state index contributed by atoms with van der Waals surface area (Å²) in [6, 6.07) is 41.4. The molecule has 0 bridgehead atoms. The third-order valence-electron chi connectivity index (χ3n) is 8.88. The smallest absolute Gasteiger partial charge is 0.0979 e. The first-order valence-corrected chi connectivity index (χ1v) is 15.6. The van der Waals surface area contributed by atoms with Crippen LogP contribution in [0, 0.1) is 0 Å². The second kappa shape index (κ2) is 9.79. The van der Waals surface area contributed by atoms with Crippen molar-refractivity contribution < 1.29 is 0 Å². The summed E-state index contributed by atoms with van der Waals surface area (Å²) in [5, 5.41) is 5.17. The van der Waals surface area contributed by atoms with Crippen molar-refractivity contribution in [2.45, 2.75) is 16.1 Å². The van der Waals surface area contributed by atoms with Crippen LogP contribution in [0.15, 0.2) is 151 Å². The number of benzene rings is 6. The van der Waals surface area contributed by atoms with Crippen LogP contribution in [0.3, 0.4) is 0 Å². The second-order valence-electron chi connectivity index (χ2n) is 11.3. The first-order valence-electron chi connectivity index (χ1n) is 14.7. The van der Waals surface area contributed by atoms with Crippen molar-refractivity contribution in [3.8, 4) is 33.5 Å². The van der Waals surface area contributed by atoms with Crippen LogP contribution in [0.1, 0.15) is 11.5 Å². The summed E-state index contributed by atoms with van der Waals surface area (Å²) in [5.74, 6) is 0.453. The molecule has 0 N–H and O–H groups in total. The van der Waals surface area contributed by atoms with Gasteiger partial charge in [-0.2, -0.15) is 0 Å². The lowest BCUT2D eigenvalue weighted by atomic mass is 9.88. The summed E-state index contributed by atoms with van der Waals surface area (Å²) >= 11 is 1.99.